The number of carbonyl (C=O) groups is 1. The molecule has 4 heteroatoms. The molecule has 1 heterocycles. The second-order valence-electron chi connectivity index (χ2n) is 6.31. The summed E-state index contributed by atoms with van der Waals surface area (Å²) >= 11 is 0. The normalized spacial score (nSPS) is 29.2. The van der Waals surface area contributed by atoms with Crippen LogP contribution in [0.5, 0.6) is 0 Å². The molecule has 0 radical (unpaired) electrons. The van der Waals surface area contributed by atoms with E-state index in [1.807, 2.05) is 11.9 Å². The van der Waals surface area contributed by atoms with Gasteiger partial charge in [-0.25, -0.2) is 0 Å². The molecule has 1 saturated heterocycles. The van der Waals surface area contributed by atoms with Gasteiger partial charge in [0.15, 0.2) is 0 Å². The first kappa shape index (κ1) is 14.8. The van der Waals surface area contributed by atoms with Gasteiger partial charge in [0.25, 0.3) is 0 Å². The Morgan fingerprint density at radius 3 is 2.37 bits per heavy atom. The van der Waals surface area contributed by atoms with E-state index < -0.39 is 0 Å². The van der Waals surface area contributed by atoms with Crippen molar-refractivity contribution >= 4 is 5.91 Å². The van der Waals surface area contributed by atoms with Crippen LogP contribution < -0.4 is 5.73 Å². The number of amides is 1. The number of ether oxygens (including phenoxy) is 1. The highest BCUT2D eigenvalue weighted by Crippen LogP contribution is 2.26. The van der Waals surface area contributed by atoms with E-state index >= 15 is 0 Å². The molecule has 19 heavy (non-hydrogen) atoms. The Morgan fingerprint density at radius 2 is 1.74 bits per heavy atom. The van der Waals surface area contributed by atoms with Crippen molar-refractivity contribution in [1.82, 2.24) is 4.90 Å². The van der Waals surface area contributed by atoms with Crippen LogP contribution in [0.1, 0.15) is 44.9 Å². The van der Waals surface area contributed by atoms with Gasteiger partial charge in [0.1, 0.15) is 0 Å². The van der Waals surface area contributed by atoms with E-state index in [1.165, 1.54) is 0 Å². The van der Waals surface area contributed by atoms with Crippen LogP contribution in [0.2, 0.25) is 0 Å². The fraction of sp³-hybridized carbons (Fsp3) is 0.933. The smallest absolute Gasteiger partial charge is 0.222 e. The van der Waals surface area contributed by atoms with Gasteiger partial charge < -0.3 is 15.4 Å². The third-order valence-corrected chi connectivity index (χ3v) is 4.65. The van der Waals surface area contributed by atoms with Crippen molar-refractivity contribution in [1.29, 1.82) is 0 Å². The van der Waals surface area contributed by atoms with E-state index in [4.69, 9.17) is 10.5 Å². The van der Waals surface area contributed by atoms with E-state index in [-0.39, 0.29) is 0 Å². The second-order valence-corrected chi connectivity index (χ2v) is 6.31. The highest BCUT2D eigenvalue weighted by molar-refractivity contribution is 5.76. The zero-order valence-electron chi connectivity index (χ0n) is 12.1. The second kappa shape index (κ2) is 7.25. The lowest BCUT2D eigenvalue weighted by Crippen LogP contribution is -2.36. The van der Waals surface area contributed by atoms with Crippen molar-refractivity contribution in [3.63, 3.8) is 0 Å². The maximum absolute atomic E-state index is 12.2. The SMILES string of the molecule is CN(CC1CCOCC1)C(=O)CC1CCC(N)CC1. The number of hydrogen-bond acceptors (Lipinski definition) is 3. The van der Waals surface area contributed by atoms with Crippen molar-refractivity contribution in [3.8, 4) is 0 Å². The summed E-state index contributed by atoms with van der Waals surface area (Å²) in [5.41, 5.74) is 5.90. The molecule has 0 aromatic rings. The quantitative estimate of drug-likeness (QED) is 0.845. The lowest BCUT2D eigenvalue weighted by Gasteiger charge is -2.30. The van der Waals surface area contributed by atoms with Crippen molar-refractivity contribution in [2.75, 3.05) is 26.8 Å². The molecule has 2 aliphatic rings. The van der Waals surface area contributed by atoms with Gasteiger partial charge >= 0.3 is 0 Å². The molecule has 2 fully saturated rings. The average Bonchev–Trinajstić information content (AvgIpc) is 2.42. The van der Waals surface area contributed by atoms with Gasteiger partial charge in [0.2, 0.25) is 5.91 Å². The van der Waals surface area contributed by atoms with Gasteiger partial charge in [0.05, 0.1) is 0 Å². The summed E-state index contributed by atoms with van der Waals surface area (Å²) in [4.78, 5) is 14.2. The molecule has 0 aromatic carbocycles. The third-order valence-electron chi connectivity index (χ3n) is 4.65. The molecule has 1 amide bonds. The van der Waals surface area contributed by atoms with Crippen LogP contribution in [0, 0.1) is 11.8 Å². The Labute approximate surface area is 116 Å². The molecule has 1 aliphatic heterocycles. The van der Waals surface area contributed by atoms with E-state index in [9.17, 15) is 4.79 Å². The molecule has 0 spiro atoms. The Kier molecular flexibility index (Phi) is 5.64. The molecule has 110 valence electrons. The van der Waals surface area contributed by atoms with Crippen LogP contribution in [0.3, 0.4) is 0 Å². The Morgan fingerprint density at radius 1 is 1.11 bits per heavy atom. The van der Waals surface area contributed by atoms with E-state index in [1.54, 1.807) is 0 Å². The Hall–Kier alpha value is -0.610. The fourth-order valence-corrected chi connectivity index (χ4v) is 3.21. The minimum absolute atomic E-state index is 0.312. The van der Waals surface area contributed by atoms with Crippen LogP contribution in [-0.4, -0.2) is 43.7 Å². The molecular formula is C15H28N2O2. The van der Waals surface area contributed by atoms with Gasteiger partial charge in [-0.05, 0) is 50.4 Å². The standard InChI is InChI=1S/C15H28N2O2/c1-17(11-13-6-8-19-9-7-13)15(18)10-12-2-4-14(16)5-3-12/h12-14H,2-11,16H2,1H3. The zero-order valence-corrected chi connectivity index (χ0v) is 12.1. The molecule has 2 N–H and O–H groups in total. The summed E-state index contributed by atoms with van der Waals surface area (Å²) in [5, 5.41) is 0. The number of nitrogens with zero attached hydrogens (tertiary/aromatic N) is 1. The van der Waals surface area contributed by atoms with Gasteiger partial charge in [0, 0.05) is 39.3 Å². The summed E-state index contributed by atoms with van der Waals surface area (Å²) in [6, 6.07) is 0.367. The van der Waals surface area contributed by atoms with Crippen LogP contribution in [0.4, 0.5) is 0 Å². The third kappa shape index (κ3) is 4.77. The van der Waals surface area contributed by atoms with Gasteiger partial charge in [-0.2, -0.15) is 0 Å². The summed E-state index contributed by atoms with van der Waals surface area (Å²) in [7, 11) is 1.95. The molecule has 4 nitrogen and oxygen atoms in total. The molecule has 0 bridgehead atoms. The first-order valence-electron chi connectivity index (χ1n) is 7.72. The molecule has 0 aromatic heterocycles. The number of nitrogens with two attached hydrogens (primary N) is 1. The minimum Gasteiger partial charge on any atom is -0.381 e. The fourth-order valence-electron chi connectivity index (χ4n) is 3.21. The lowest BCUT2D eigenvalue weighted by molar-refractivity contribution is -0.132. The molecule has 1 aliphatic carbocycles. The van der Waals surface area contributed by atoms with E-state index in [0.717, 1.165) is 58.3 Å². The molecule has 2 rings (SSSR count). The van der Waals surface area contributed by atoms with Crippen molar-refractivity contribution in [2.45, 2.75) is 51.0 Å². The van der Waals surface area contributed by atoms with E-state index in [0.29, 0.717) is 30.2 Å². The number of carbonyl (C=O) groups excluding carboxylic acids is 1. The summed E-state index contributed by atoms with van der Waals surface area (Å²) in [6.07, 6.45) is 7.32. The zero-order chi connectivity index (χ0) is 13.7. The Balaban J connectivity index is 1.69. The maximum atomic E-state index is 12.2. The van der Waals surface area contributed by atoms with Gasteiger partial charge in [-0.15, -0.1) is 0 Å². The molecule has 0 unspecified atom stereocenters. The van der Waals surface area contributed by atoms with Crippen LogP contribution in [-0.2, 0) is 9.53 Å². The predicted molar refractivity (Wildman–Crippen MR) is 75.7 cm³/mol. The molecule has 0 atom stereocenters. The van der Waals surface area contributed by atoms with Gasteiger partial charge in [-0.1, -0.05) is 0 Å². The predicted octanol–water partition coefficient (Wildman–Crippen LogP) is 1.78. The topological polar surface area (TPSA) is 55.6 Å². The summed E-state index contributed by atoms with van der Waals surface area (Å²) in [6.45, 7) is 2.61. The number of hydrogen-bond donors (Lipinski definition) is 1. The molecular weight excluding hydrogens is 240 g/mol. The Bertz CT molecular complexity index is 282. The maximum Gasteiger partial charge on any atom is 0.222 e. The van der Waals surface area contributed by atoms with Crippen molar-refractivity contribution in [2.24, 2.45) is 17.6 Å². The summed E-state index contributed by atoms with van der Waals surface area (Å²) in [5.74, 6) is 1.50. The number of rotatable bonds is 4. The molecule has 1 saturated carbocycles. The van der Waals surface area contributed by atoms with Crippen LogP contribution in [0.15, 0.2) is 0 Å². The van der Waals surface area contributed by atoms with Crippen molar-refractivity contribution < 1.29 is 9.53 Å². The summed E-state index contributed by atoms with van der Waals surface area (Å²) < 4.78 is 5.36. The largest absolute Gasteiger partial charge is 0.381 e. The monoisotopic (exact) mass is 268 g/mol. The first-order valence-corrected chi connectivity index (χ1v) is 7.72. The lowest BCUT2D eigenvalue weighted by atomic mass is 9.84. The van der Waals surface area contributed by atoms with E-state index in [2.05, 4.69) is 0 Å². The average molecular weight is 268 g/mol. The van der Waals surface area contributed by atoms with Gasteiger partial charge in [-0.3, -0.25) is 4.79 Å². The minimum atomic E-state index is 0.312. The first-order chi connectivity index (χ1) is 9.15. The highest BCUT2D eigenvalue weighted by atomic mass is 16.5. The van der Waals surface area contributed by atoms with Crippen molar-refractivity contribution in [3.05, 3.63) is 0 Å². The van der Waals surface area contributed by atoms with Crippen LogP contribution in [0.25, 0.3) is 0 Å². The highest BCUT2D eigenvalue weighted by Gasteiger charge is 2.24. The van der Waals surface area contributed by atoms with Crippen LogP contribution >= 0.6 is 0 Å².